The Bertz CT molecular complexity index is 854. The molecule has 1 atom stereocenters. The van der Waals surface area contributed by atoms with Crippen LogP contribution in [0.4, 0.5) is 0 Å². The fourth-order valence-corrected chi connectivity index (χ4v) is 4.90. The van der Waals surface area contributed by atoms with Crippen molar-refractivity contribution < 1.29 is 20.4 Å². The largest absolute Gasteiger partial charge is 0.147 e. The van der Waals surface area contributed by atoms with Crippen LogP contribution in [0.25, 0.3) is 6.08 Å². The number of allylic oxidation sites excluding steroid dienone is 1. The van der Waals surface area contributed by atoms with Gasteiger partial charge >= 0.3 is 156 Å². The van der Waals surface area contributed by atoms with Crippen LogP contribution >= 0.6 is 37.2 Å². The van der Waals surface area contributed by atoms with E-state index in [0.29, 0.717) is 5.92 Å². The second-order valence-electron chi connectivity index (χ2n) is 6.48. The fraction of sp³-hybridized carbons (Fsp3) is 0.130. The number of fused-ring (bicyclic) bond motifs is 1. The van der Waals surface area contributed by atoms with Crippen molar-refractivity contribution in [3.05, 3.63) is 113 Å². The van der Waals surface area contributed by atoms with E-state index in [4.69, 9.17) is 0 Å². The fourth-order valence-electron chi connectivity index (χ4n) is 3.91. The van der Waals surface area contributed by atoms with Crippen molar-refractivity contribution in [1.82, 2.24) is 0 Å². The van der Waals surface area contributed by atoms with Crippen LogP contribution in [0.5, 0.6) is 0 Å². The summed E-state index contributed by atoms with van der Waals surface area (Å²) in [5, 5.41) is 0. The Morgan fingerprint density at radius 3 is 1.63 bits per heavy atom. The number of benzene rings is 3. The van der Waals surface area contributed by atoms with E-state index in [-0.39, 0.29) is 40.9 Å². The molecular formula is C23H22Cl3Ti. The molecule has 0 N–H and O–H groups in total. The maximum Gasteiger partial charge on any atom is -0.147 e. The Hall–Kier alpha value is -1.02. The molecule has 139 valence electrons. The van der Waals surface area contributed by atoms with Gasteiger partial charge in [0.1, 0.15) is 0 Å². The molecule has 0 saturated carbocycles. The molecule has 0 spiro atoms. The van der Waals surface area contributed by atoms with Gasteiger partial charge in [-0.2, -0.15) is 0 Å². The van der Waals surface area contributed by atoms with E-state index < -0.39 is 0 Å². The van der Waals surface area contributed by atoms with E-state index in [1.165, 1.54) is 27.8 Å². The van der Waals surface area contributed by atoms with Gasteiger partial charge < -0.3 is 0 Å². The molecule has 0 nitrogen and oxygen atoms in total. The molecule has 0 radical (unpaired) electrons. The van der Waals surface area contributed by atoms with Crippen molar-refractivity contribution >= 4 is 43.3 Å². The first-order valence-corrected chi connectivity index (χ1v) is 9.12. The first-order valence-electron chi connectivity index (χ1n) is 8.34. The quantitative estimate of drug-likeness (QED) is 0.378. The number of hydrogen-bond donors (Lipinski definition) is 0. The molecule has 0 aromatic heterocycles. The van der Waals surface area contributed by atoms with Crippen molar-refractivity contribution in [3.8, 4) is 0 Å². The number of hydrogen-bond acceptors (Lipinski definition) is 0. The summed E-state index contributed by atoms with van der Waals surface area (Å²) in [6, 6.07) is 30.6. The van der Waals surface area contributed by atoms with Gasteiger partial charge in [-0.25, -0.2) is 0 Å². The van der Waals surface area contributed by atoms with Gasteiger partial charge in [0.15, 0.2) is 0 Å². The molecule has 3 aromatic carbocycles. The molecule has 3 aromatic rings. The van der Waals surface area contributed by atoms with Gasteiger partial charge in [-0.05, 0) is 0 Å². The van der Waals surface area contributed by atoms with Crippen LogP contribution in [-0.4, -0.2) is 0 Å². The maximum atomic E-state index is 2.40. The minimum absolute atomic E-state index is 0. The number of halogens is 3. The van der Waals surface area contributed by atoms with Crippen molar-refractivity contribution in [3.63, 3.8) is 0 Å². The zero-order valence-electron chi connectivity index (χ0n) is 15.0. The third-order valence-electron chi connectivity index (χ3n) is 5.08. The van der Waals surface area contributed by atoms with Gasteiger partial charge in [0, 0.05) is 0 Å². The average molecular weight is 453 g/mol. The van der Waals surface area contributed by atoms with Crippen LogP contribution in [0, 0.1) is 0 Å². The van der Waals surface area contributed by atoms with Crippen LogP contribution in [0.2, 0.25) is 0 Å². The summed E-state index contributed by atoms with van der Waals surface area (Å²) in [6.07, 6.45) is 2.36. The molecule has 1 aliphatic rings. The van der Waals surface area contributed by atoms with Crippen LogP contribution in [0.3, 0.4) is 0 Å². The van der Waals surface area contributed by atoms with E-state index in [1.807, 2.05) is 0 Å². The summed E-state index contributed by atoms with van der Waals surface area (Å²) in [6.45, 7) is 2.28. The molecule has 0 bridgehead atoms. The molecule has 0 aliphatic heterocycles. The smallest absolute Gasteiger partial charge is 0.147 e. The monoisotopic (exact) mass is 451 g/mol. The zero-order valence-corrected chi connectivity index (χ0v) is 19.0. The van der Waals surface area contributed by atoms with Crippen molar-refractivity contribution in [2.45, 2.75) is 16.6 Å². The van der Waals surface area contributed by atoms with Gasteiger partial charge in [-0.3, -0.25) is 0 Å². The molecule has 0 saturated heterocycles. The van der Waals surface area contributed by atoms with E-state index in [9.17, 15) is 0 Å². The summed E-state index contributed by atoms with van der Waals surface area (Å²) < 4.78 is -0.0285. The average Bonchev–Trinajstić information content (AvgIpc) is 2.89. The van der Waals surface area contributed by atoms with Crippen molar-refractivity contribution in [2.24, 2.45) is 0 Å². The van der Waals surface area contributed by atoms with Crippen LogP contribution in [0.15, 0.2) is 90.5 Å². The van der Waals surface area contributed by atoms with Crippen LogP contribution in [-0.2, 0) is 24.2 Å². The first kappa shape index (κ1) is 24.0. The van der Waals surface area contributed by atoms with E-state index in [2.05, 4.69) is 118 Å². The van der Waals surface area contributed by atoms with E-state index in [0.717, 1.165) is 0 Å². The molecule has 1 unspecified atom stereocenters. The normalized spacial score (nSPS) is 17.0. The Balaban J connectivity index is 0.00000121. The third-order valence-corrected chi connectivity index (χ3v) is 6.57. The van der Waals surface area contributed by atoms with Crippen LogP contribution < -0.4 is 0 Å². The summed E-state index contributed by atoms with van der Waals surface area (Å²) in [7, 11) is 0. The molecule has 4 rings (SSSR count). The zero-order chi connectivity index (χ0) is 16.6. The topological polar surface area (TPSA) is 0 Å². The first-order chi connectivity index (χ1) is 11.7. The van der Waals surface area contributed by atoms with Gasteiger partial charge in [0.2, 0.25) is 0 Å². The summed E-state index contributed by atoms with van der Waals surface area (Å²) in [5.74, 6) is 0.305. The maximum absolute atomic E-state index is 2.40. The van der Waals surface area contributed by atoms with Crippen molar-refractivity contribution in [1.29, 1.82) is 0 Å². The minimum atomic E-state index is -0.0285. The summed E-state index contributed by atoms with van der Waals surface area (Å²) in [4.78, 5) is 0. The summed E-state index contributed by atoms with van der Waals surface area (Å²) >= 11 is 2.40. The Labute approximate surface area is 192 Å². The van der Waals surface area contributed by atoms with E-state index in [1.54, 1.807) is 0 Å². The number of rotatable bonds is 3. The van der Waals surface area contributed by atoms with Gasteiger partial charge in [0.05, 0.1) is 0 Å². The molecule has 0 amide bonds. The third kappa shape index (κ3) is 4.21. The summed E-state index contributed by atoms with van der Waals surface area (Å²) in [5.41, 5.74) is 6.96. The molecule has 27 heavy (non-hydrogen) atoms. The Kier molecular flexibility index (Phi) is 8.86. The van der Waals surface area contributed by atoms with Crippen LogP contribution in [0.1, 0.15) is 35.1 Å². The molecular weight excluding hydrogens is 430 g/mol. The van der Waals surface area contributed by atoms with Gasteiger partial charge in [-0.15, -0.1) is 37.2 Å². The van der Waals surface area contributed by atoms with E-state index >= 15 is 0 Å². The second-order valence-corrected chi connectivity index (χ2v) is 7.71. The Morgan fingerprint density at radius 1 is 0.667 bits per heavy atom. The van der Waals surface area contributed by atoms with Gasteiger partial charge in [0.25, 0.3) is 0 Å². The molecule has 0 heterocycles. The predicted octanol–water partition coefficient (Wildman–Crippen LogP) is 6.94. The standard InChI is InChI=1S/C23H19.3ClH.Ti/c1-17-16-20-14-8-9-15-21(20)22(17)23(18-10-4-2-5-11-18)19-12-6-3-7-13-19;;;;/h2-16,23H,1H3;3*1H;. The predicted molar refractivity (Wildman–Crippen MR) is 118 cm³/mol. The Morgan fingerprint density at radius 2 is 1.11 bits per heavy atom. The second kappa shape index (κ2) is 9.96. The van der Waals surface area contributed by atoms with Crippen molar-refractivity contribution in [2.75, 3.05) is 0 Å². The van der Waals surface area contributed by atoms with Gasteiger partial charge in [-0.1, -0.05) is 0 Å². The SMILES string of the molecule is CC1=Cc2ccccc2[C]1([Ti])C(c1ccccc1)c1ccccc1.Cl.Cl.Cl. The minimum Gasteiger partial charge on any atom is -0.147 e. The molecule has 1 aliphatic carbocycles. The molecule has 4 heteroatoms. The molecule has 0 fully saturated rings.